The monoisotopic (exact) mass is 415 g/mol. The fourth-order valence-electron chi connectivity index (χ4n) is 4.55. The van der Waals surface area contributed by atoms with E-state index in [1.54, 1.807) is 0 Å². The van der Waals surface area contributed by atoms with Gasteiger partial charge in [0.05, 0.1) is 0 Å². The first kappa shape index (κ1) is 23.1. The molecule has 0 heterocycles. The average Bonchev–Trinajstić information content (AvgIpc) is 2.77. The van der Waals surface area contributed by atoms with Gasteiger partial charge in [0, 0.05) is 23.6 Å². The van der Waals surface area contributed by atoms with Crippen LogP contribution in [0.15, 0.2) is 78.9 Å². The minimum atomic E-state index is 0.179. The Labute approximate surface area is 188 Å². The number of phenolic OH excluding ortho intramolecular Hbond substituents is 1. The molecule has 2 heteroatoms. The van der Waals surface area contributed by atoms with E-state index in [0.717, 1.165) is 31.4 Å². The SMILES string of the molecule is CC(C)N(CC[C@H](c1ccccc1)c1cc(CCc2ccccc2)ccc1O)C(C)C. The largest absolute Gasteiger partial charge is 0.508 e. The Kier molecular flexibility index (Phi) is 8.31. The molecule has 0 aliphatic heterocycles. The quantitative estimate of drug-likeness (QED) is 0.393. The Hall–Kier alpha value is -2.58. The third kappa shape index (κ3) is 6.45. The van der Waals surface area contributed by atoms with Crippen LogP contribution in [0.3, 0.4) is 0 Å². The van der Waals surface area contributed by atoms with E-state index in [4.69, 9.17) is 0 Å². The van der Waals surface area contributed by atoms with Crippen LogP contribution in [0.2, 0.25) is 0 Å². The zero-order valence-electron chi connectivity index (χ0n) is 19.5. The summed E-state index contributed by atoms with van der Waals surface area (Å²) >= 11 is 0. The number of rotatable bonds is 10. The van der Waals surface area contributed by atoms with Crippen molar-refractivity contribution in [2.24, 2.45) is 0 Å². The maximum atomic E-state index is 10.8. The fraction of sp³-hybridized carbons (Fsp3) is 0.379. The van der Waals surface area contributed by atoms with Crippen LogP contribution in [0.4, 0.5) is 0 Å². The highest BCUT2D eigenvalue weighted by Crippen LogP contribution is 2.35. The maximum absolute atomic E-state index is 10.8. The molecule has 31 heavy (non-hydrogen) atoms. The Morgan fingerprint density at radius 2 is 1.29 bits per heavy atom. The lowest BCUT2D eigenvalue weighted by atomic mass is 9.86. The van der Waals surface area contributed by atoms with E-state index in [2.05, 4.69) is 105 Å². The summed E-state index contributed by atoms with van der Waals surface area (Å²) in [4.78, 5) is 2.53. The fourth-order valence-corrected chi connectivity index (χ4v) is 4.55. The summed E-state index contributed by atoms with van der Waals surface area (Å²) in [5, 5.41) is 10.8. The van der Waals surface area contributed by atoms with Gasteiger partial charge in [-0.25, -0.2) is 0 Å². The molecule has 0 bridgehead atoms. The molecule has 0 aliphatic carbocycles. The van der Waals surface area contributed by atoms with Gasteiger partial charge in [0.1, 0.15) is 5.75 Å². The Balaban J connectivity index is 1.85. The van der Waals surface area contributed by atoms with Crippen molar-refractivity contribution in [1.82, 2.24) is 4.90 Å². The molecular formula is C29H37NO. The number of benzene rings is 3. The number of nitrogens with zero attached hydrogens (tertiary/aromatic N) is 1. The first-order valence-corrected chi connectivity index (χ1v) is 11.6. The number of hydrogen-bond acceptors (Lipinski definition) is 2. The topological polar surface area (TPSA) is 23.5 Å². The van der Waals surface area contributed by atoms with Gasteiger partial charge in [-0.2, -0.15) is 0 Å². The standard InChI is InChI=1S/C29H37NO/c1-22(2)30(23(3)4)20-19-27(26-13-9-6-10-14-26)28-21-25(17-18-29(28)31)16-15-24-11-7-5-8-12-24/h5-14,17-18,21-23,27,31H,15-16,19-20H2,1-4H3/t27-/m1/s1. The van der Waals surface area contributed by atoms with E-state index in [-0.39, 0.29) is 5.92 Å². The first-order chi connectivity index (χ1) is 15.0. The molecule has 0 aliphatic rings. The van der Waals surface area contributed by atoms with Crippen LogP contribution >= 0.6 is 0 Å². The zero-order valence-corrected chi connectivity index (χ0v) is 19.5. The summed E-state index contributed by atoms with van der Waals surface area (Å²) in [6.45, 7) is 10.1. The normalized spacial score (nSPS) is 12.6. The lowest BCUT2D eigenvalue weighted by Crippen LogP contribution is -2.38. The summed E-state index contributed by atoms with van der Waals surface area (Å²) in [5.41, 5.74) is 4.94. The van der Waals surface area contributed by atoms with Crippen molar-refractivity contribution in [2.75, 3.05) is 6.54 Å². The van der Waals surface area contributed by atoms with Crippen LogP contribution in [0, 0.1) is 0 Å². The number of aromatic hydroxyl groups is 1. The molecule has 0 fully saturated rings. The van der Waals surface area contributed by atoms with Crippen LogP contribution < -0.4 is 0 Å². The molecule has 0 radical (unpaired) electrons. The minimum absolute atomic E-state index is 0.179. The highest BCUT2D eigenvalue weighted by molar-refractivity contribution is 5.44. The molecule has 3 aromatic carbocycles. The molecule has 0 spiro atoms. The molecule has 1 atom stereocenters. The van der Waals surface area contributed by atoms with Gasteiger partial charge in [0.25, 0.3) is 0 Å². The van der Waals surface area contributed by atoms with Crippen LogP contribution in [0.1, 0.15) is 62.3 Å². The van der Waals surface area contributed by atoms with Gasteiger partial charge in [-0.05, 0) is 76.3 Å². The maximum Gasteiger partial charge on any atom is 0.119 e. The molecule has 3 aromatic rings. The summed E-state index contributed by atoms with van der Waals surface area (Å²) in [5.74, 6) is 0.579. The number of hydrogen-bond donors (Lipinski definition) is 1. The molecular weight excluding hydrogens is 378 g/mol. The predicted octanol–water partition coefficient (Wildman–Crippen LogP) is 6.82. The molecule has 0 aromatic heterocycles. The first-order valence-electron chi connectivity index (χ1n) is 11.6. The third-order valence-corrected chi connectivity index (χ3v) is 6.22. The van der Waals surface area contributed by atoms with E-state index in [0.29, 0.717) is 17.8 Å². The summed E-state index contributed by atoms with van der Waals surface area (Å²) < 4.78 is 0. The molecule has 0 saturated carbocycles. The number of phenols is 1. The van der Waals surface area contributed by atoms with E-state index < -0.39 is 0 Å². The predicted molar refractivity (Wildman–Crippen MR) is 132 cm³/mol. The van der Waals surface area contributed by atoms with Crippen molar-refractivity contribution in [3.8, 4) is 5.75 Å². The lowest BCUT2D eigenvalue weighted by Gasteiger charge is -2.32. The van der Waals surface area contributed by atoms with Crippen molar-refractivity contribution in [3.63, 3.8) is 0 Å². The van der Waals surface area contributed by atoms with Gasteiger partial charge >= 0.3 is 0 Å². The molecule has 1 N–H and O–H groups in total. The Bertz CT molecular complexity index is 910. The van der Waals surface area contributed by atoms with E-state index in [9.17, 15) is 5.11 Å². The molecule has 0 saturated heterocycles. The van der Waals surface area contributed by atoms with Crippen molar-refractivity contribution in [2.45, 2.75) is 65.0 Å². The van der Waals surface area contributed by atoms with E-state index in [1.807, 2.05) is 6.07 Å². The van der Waals surface area contributed by atoms with Crippen LogP contribution in [0.25, 0.3) is 0 Å². The summed E-state index contributed by atoms with van der Waals surface area (Å²) in [6, 6.07) is 28.4. The summed E-state index contributed by atoms with van der Waals surface area (Å²) in [6.07, 6.45) is 2.97. The number of aryl methyl sites for hydroxylation is 2. The molecule has 164 valence electrons. The Morgan fingerprint density at radius 1 is 0.710 bits per heavy atom. The third-order valence-electron chi connectivity index (χ3n) is 6.22. The summed E-state index contributed by atoms with van der Waals surface area (Å²) in [7, 11) is 0. The van der Waals surface area contributed by atoms with Gasteiger partial charge in [-0.3, -0.25) is 4.90 Å². The second-order valence-electron chi connectivity index (χ2n) is 9.06. The van der Waals surface area contributed by atoms with Gasteiger partial charge < -0.3 is 5.11 Å². The average molecular weight is 416 g/mol. The van der Waals surface area contributed by atoms with E-state index in [1.165, 1.54) is 16.7 Å². The second-order valence-corrected chi connectivity index (χ2v) is 9.06. The van der Waals surface area contributed by atoms with Crippen molar-refractivity contribution in [1.29, 1.82) is 0 Å². The highest BCUT2D eigenvalue weighted by atomic mass is 16.3. The van der Waals surface area contributed by atoms with Gasteiger partial charge in [0.15, 0.2) is 0 Å². The minimum Gasteiger partial charge on any atom is -0.508 e. The van der Waals surface area contributed by atoms with Gasteiger partial charge in [0.2, 0.25) is 0 Å². The second kappa shape index (κ2) is 11.2. The Morgan fingerprint density at radius 3 is 1.90 bits per heavy atom. The van der Waals surface area contributed by atoms with Crippen LogP contribution in [0.5, 0.6) is 5.75 Å². The highest BCUT2D eigenvalue weighted by Gasteiger charge is 2.21. The van der Waals surface area contributed by atoms with Crippen molar-refractivity contribution in [3.05, 3.63) is 101 Å². The van der Waals surface area contributed by atoms with Gasteiger partial charge in [-0.1, -0.05) is 72.8 Å². The molecule has 3 rings (SSSR count). The molecule has 0 amide bonds. The lowest BCUT2D eigenvalue weighted by molar-refractivity contribution is 0.170. The van der Waals surface area contributed by atoms with Crippen molar-refractivity contribution < 1.29 is 5.11 Å². The smallest absolute Gasteiger partial charge is 0.119 e. The molecule has 0 unspecified atom stereocenters. The van der Waals surface area contributed by atoms with Crippen molar-refractivity contribution >= 4 is 0 Å². The van der Waals surface area contributed by atoms with Gasteiger partial charge in [-0.15, -0.1) is 0 Å². The van der Waals surface area contributed by atoms with E-state index >= 15 is 0 Å². The van der Waals surface area contributed by atoms with Crippen LogP contribution in [-0.2, 0) is 12.8 Å². The zero-order chi connectivity index (χ0) is 22.2. The van der Waals surface area contributed by atoms with Crippen LogP contribution in [-0.4, -0.2) is 28.6 Å². The molecule has 2 nitrogen and oxygen atoms in total.